The lowest BCUT2D eigenvalue weighted by Crippen LogP contribution is -2.45. The molecule has 0 fully saturated rings. The van der Waals surface area contributed by atoms with E-state index in [2.05, 4.69) is 9.97 Å². The molecule has 8 nitrogen and oxygen atoms in total. The molecule has 1 unspecified atom stereocenters. The van der Waals surface area contributed by atoms with Gasteiger partial charge < -0.3 is 15.2 Å². The van der Waals surface area contributed by atoms with Gasteiger partial charge in [-0.05, 0) is 36.2 Å². The van der Waals surface area contributed by atoms with E-state index in [0.29, 0.717) is 34.1 Å². The van der Waals surface area contributed by atoms with Crippen LogP contribution in [-0.4, -0.2) is 39.2 Å². The first-order valence-corrected chi connectivity index (χ1v) is 10.7. The van der Waals surface area contributed by atoms with Gasteiger partial charge in [-0.25, -0.2) is 14.2 Å². The summed E-state index contributed by atoms with van der Waals surface area (Å²) in [5, 5.41) is 21.4. The predicted octanol–water partition coefficient (Wildman–Crippen LogP) is 4.65. The monoisotopic (exact) mass is 496 g/mol. The van der Waals surface area contributed by atoms with E-state index in [9.17, 15) is 19.8 Å². The minimum Gasteiger partial charge on any atom is -0.465 e. The van der Waals surface area contributed by atoms with Crippen molar-refractivity contribution in [3.8, 4) is 0 Å². The van der Waals surface area contributed by atoms with Crippen LogP contribution in [-0.2, 0) is 12.1 Å². The zero-order chi connectivity index (χ0) is 24.2. The summed E-state index contributed by atoms with van der Waals surface area (Å²) in [5.74, 6) is -0.994. The van der Waals surface area contributed by atoms with Gasteiger partial charge in [0, 0.05) is 23.7 Å². The topological polar surface area (TPSA) is 110 Å². The van der Waals surface area contributed by atoms with Crippen LogP contribution in [0.1, 0.15) is 34.0 Å². The van der Waals surface area contributed by atoms with Crippen LogP contribution in [0.25, 0.3) is 11.0 Å². The van der Waals surface area contributed by atoms with Gasteiger partial charge in [-0.1, -0.05) is 43.3 Å². The van der Waals surface area contributed by atoms with Crippen LogP contribution in [0.4, 0.5) is 20.8 Å². The number of aromatic nitrogens is 2. The van der Waals surface area contributed by atoms with E-state index < -0.39 is 23.5 Å². The highest BCUT2D eigenvalue weighted by Crippen LogP contribution is 2.46. The number of nitrogens with zero attached hydrogens (tertiary/aromatic N) is 3. The maximum absolute atomic E-state index is 15.4. The quantitative estimate of drug-likeness (QED) is 0.381. The molecule has 2 heterocycles. The first kappa shape index (κ1) is 24.2. The largest absolute Gasteiger partial charge is 0.465 e. The molecular formula is C25H22ClFN4O4. The number of halogens is 2. The number of nitrogens with one attached hydrogen (secondary N) is 1. The van der Waals surface area contributed by atoms with Crippen LogP contribution in [0.3, 0.4) is 0 Å². The van der Waals surface area contributed by atoms with Crippen LogP contribution in [0.15, 0.2) is 60.7 Å². The van der Waals surface area contributed by atoms with E-state index in [1.807, 2.05) is 6.92 Å². The van der Waals surface area contributed by atoms with Crippen LogP contribution >= 0.6 is 12.4 Å². The summed E-state index contributed by atoms with van der Waals surface area (Å²) in [7, 11) is 1.35. The first-order chi connectivity index (χ1) is 16.3. The first-order valence-electron chi connectivity index (χ1n) is 10.7. The van der Waals surface area contributed by atoms with Gasteiger partial charge in [0.1, 0.15) is 5.82 Å². The molecule has 0 saturated carbocycles. The molecule has 10 heteroatoms. The fourth-order valence-corrected chi connectivity index (χ4v) is 4.40. The molecule has 0 radical (unpaired) electrons. The molecule has 35 heavy (non-hydrogen) atoms. The van der Waals surface area contributed by atoms with Crippen molar-refractivity contribution in [1.29, 1.82) is 0 Å². The molecule has 1 aliphatic rings. The minimum absolute atomic E-state index is 0. The normalized spacial score (nSPS) is 16.8. The van der Waals surface area contributed by atoms with E-state index in [1.165, 1.54) is 13.1 Å². The lowest BCUT2D eigenvalue weighted by Gasteiger charge is -2.35. The van der Waals surface area contributed by atoms with Gasteiger partial charge in [0.05, 0.1) is 16.7 Å². The number of hydrogen-bond acceptors (Lipinski definition) is 4. The van der Waals surface area contributed by atoms with E-state index in [4.69, 9.17) is 0 Å². The molecule has 0 bridgehead atoms. The second-order valence-electron chi connectivity index (χ2n) is 8.10. The summed E-state index contributed by atoms with van der Waals surface area (Å²) < 4.78 is 15.4. The average Bonchev–Trinajstić information content (AvgIpc) is 3.36. The Hall–Kier alpha value is -3.95. The summed E-state index contributed by atoms with van der Waals surface area (Å²) >= 11 is 0. The zero-order valence-electron chi connectivity index (χ0n) is 18.8. The van der Waals surface area contributed by atoms with Crippen molar-refractivity contribution >= 4 is 47.1 Å². The van der Waals surface area contributed by atoms with Crippen molar-refractivity contribution in [2.24, 2.45) is 0 Å². The lowest BCUT2D eigenvalue weighted by molar-refractivity contribution is 0.0699. The Labute approximate surface area is 206 Å². The highest BCUT2D eigenvalue weighted by Gasteiger charge is 2.51. The Morgan fingerprint density at radius 2 is 1.91 bits per heavy atom. The number of carbonyl (C=O) groups excluding carboxylic acids is 1. The van der Waals surface area contributed by atoms with Gasteiger partial charge in [-0.3, -0.25) is 14.6 Å². The number of hydrogen-bond donors (Lipinski definition) is 3. The van der Waals surface area contributed by atoms with Gasteiger partial charge in [0.25, 0.3) is 5.91 Å². The molecule has 3 aromatic carbocycles. The van der Waals surface area contributed by atoms with Crippen molar-refractivity contribution in [3.05, 3.63) is 88.7 Å². The number of anilines is 2. The Balaban J connectivity index is 0.00000289. The zero-order valence-corrected chi connectivity index (χ0v) is 19.6. The minimum atomic E-state index is -2.00. The van der Waals surface area contributed by atoms with Gasteiger partial charge in [-0.2, -0.15) is 0 Å². The highest BCUT2D eigenvalue weighted by atomic mass is 35.5. The summed E-state index contributed by atoms with van der Waals surface area (Å²) in [4.78, 5) is 34.0. The van der Waals surface area contributed by atoms with Crippen LogP contribution in [0, 0.1) is 5.82 Å². The summed E-state index contributed by atoms with van der Waals surface area (Å²) in [6.45, 7) is 1.81. The Kier molecular flexibility index (Phi) is 6.00. The second-order valence-corrected chi connectivity index (χ2v) is 8.10. The van der Waals surface area contributed by atoms with E-state index >= 15 is 4.39 Å². The van der Waals surface area contributed by atoms with Gasteiger partial charge in [0.15, 0.2) is 5.72 Å². The summed E-state index contributed by atoms with van der Waals surface area (Å²) in [6, 6.07) is 16.2. The van der Waals surface area contributed by atoms with Crippen molar-refractivity contribution in [2.45, 2.75) is 19.1 Å². The molecule has 1 aromatic heterocycles. The molecule has 1 aliphatic heterocycles. The molecule has 4 aromatic rings. The molecule has 1 atom stereocenters. The predicted molar refractivity (Wildman–Crippen MR) is 132 cm³/mol. The molecule has 180 valence electrons. The maximum atomic E-state index is 15.4. The Morgan fingerprint density at radius 3 is 2.63 bits per heavy atom. The fourth-order valence-electron chi connectivity index (χ4n) is 4.40. The van der Waals surface area contributed by atoms with Gasteiger partial charge in [0.2, 0.25) is 5.95 Å². The number of amides is 2. The van der Waals surface area contributed by atoms with E-state index in [0.717, 1.165) is 9.80 Å². The van der Waals surface area contributed by atoms with Crippen molar-refractivity contribution in [2.75, 3.05) is 16.8 Å². The molecule has 2 amide bonds. The number of benzene rings is 3. The lowest BCUT2D eigenvalue weighted by atomic mass is 9.93. The maximum Gasteiger partial charge on any atom is 0.413 e. The molecule has 0 saturated heterocycles. The summed E-state index contributed by atoms with van der Waals surface area (Å²) in [6.07, 6.45) is -0.766. The SMILES string of the molecule is CCc1cccc(N2C(=O)c3ccccc3C2(O)c2ccc3nc(N(C)C(=O)O)[nH]c3c2)c1F.Cl. The number of rotatable bonds is 4. The second kappa shape index (κ2) is 8.68. The number of fused-ring (bicyclic) bond motifs is 2. The van der Waals surface area contributed by atoms with Crippen molar-refractivity contribution < 1.29 is 24.2 Å². The smallest absolute Gasteiger partial charge is 0.413 e. The fraction of sp³-hybridized carbons (Fsp3) is 0.160. The number of aliphatic hydroxyl groups is 1. The van der Waals surface area contributed by atoms with Crippen molar-refractivity contribution in [3.63, 3.8) is 0 Å². The number of aryl methyl sites for hydroxylation is 1. The number of aromatic amines is 1. The summed E-state index contributed by atoms with van der Waals surface area (Å²) in [5.41, 5.74) is 0.206. The standard InChI is InChI=1S/C25H21FN4O4.ClH/c1-3-14-7-6-10-20(21(14)26)30-22(31)16-8-4-5-9-17(16)25(30,34)15-11-12-18-19(13-15)28-23(27-18)29(2)24(32)33;/h4-13,34H,3H2,1-2H3,(H,27,28)(H,32,33);1H. The molecule has 5 rings (SSSR count). The number of imidazole rings is 1. The molecule has 0 aliphatic carbocycles. The van der Waals surface area contributed by atoms with Crippen molar-refractivity contribution in [1.82, 2.24) is 9.97 Å². The third kappa shape index (κ3) is 3.51. The number of H-pyrrole nitrogens is 1. The molecule has 0 spiro atoms. The molecule has 3 N–H and O–H groups in total. The Morgan fingerprint density at radius 1 is 1.17 bits per heavy atom. The van der Waals surface area contributed by atoms with Crippen LogP contribution < -0.4 is 9.80 Å². The number of carbonyl (C=O) groups is 2. The molecular weight excluding hydrogens is 475 g/mol. The van der Waals surface area contributed by atoms with Gasteiger partial charge >= 0.3 is 6.09 Å². The number of carboxylic acid groups (broad SMARTS) is 1. The third-order valence-electron chi connectivity index (χ3n) is 6.22. The van der Waals surface area contributed by atoms with Crippen LogP contribution in [0.5, 0.6) is 0 Å². The van der Waals surface area contributed by atoms with Crippen LogP contribution in [0.2, 0.25) is 0 Å². The van der Waals surface area contributed by atoms with Gasteiger partial charge in [-0.15, -0.1) is 12.4 Å². The Bertz CT molecular complexity index is 1470. The van der Waals surface area contributed by atoms with E-state index in [1.54, 1.807) is 54.6 Å². The average molecular weight is 497 g/mol. The third-order valence-corrected chi connectivity index (χ3v) is 6.22. The van der Waals surface area contributed by atoms with E-state index in [-0.39, 0.29) is 29.6 Å². The highest BCUT2D eigenvalue weighted by molar-refractivity contribution is 6.12.